The van der Waals surface area contributed by atoms with Crippen molar-refractivity contribution in [1.29, 1.82) is 0 Å². The molecule has 1 unspecified atom stereocenters. The topological polar surface area (TPSA) is 73.9 Å². The highest BCUT2D eigenvalue weighted by Gasteiger charge is 2.50. The predicted molar refractivity (Wildman–Crippen MR) is 141 cm³/mol. The van der Waals surface area contributed by atoms with E-state index in [4.69, 9.17) is 13.9 Å². The predicted octanol–water partition coefficient (Wildman–Crippen LogP) is 4.02. The highest BCUT2D eigenvalue weighted by molar-refractivity contribution is 6.99. The summed E-state index contributed by atoms with van der Waals surface area (Å²) in [4.78, 5) is 24.3. The van der Waals surface area contributed by atoms with Gasteiger partial charge in [-0.15, -0.1) is 0 Å². The number of methoxy groups -OCH3 is 1. The Balaban J connectivity index is 2.25. The molecule has 0 bridgehead atoms. The molecule has 2 aromatic carbocycles. The highest BCUT2D eigenvalue weighted by Crippen LogP contribution is 2.36. The molecule has 1 N–H and O–H groups in total. The molecule has 0 fully saturated rings. The van der Waals surface area contributed by atoms with Crippen molar-refractivity contribution >= 4 is 30.8 Å². The van der Waals surface area contributed by atoms with E-state index >= 15 is 0 Å². The number of esters is 1. The summed E-state index contributed by atoms with van der Waals surface area (Å²) in [6.45, 7) is 12.0. The first-order valence-corrected chi connectivity index (χ1v) is 13.6. The van der Waals surface area contributed by atoms with Crippen LogP contribution in [0, 0.1) is 11.8 Å². The van der Waals surface area contributed by atoms with Gasteiger partial charge in [0.25, 0.3) is 8.32 Å². The average molecular weight is 496 g/mol. The van der Waals surface area contributed by atoms with E-state index in [1.807, 2.05) is 36.4 Å². The maximum absolute atomic E-state index is 12.2. The number of ether oxygens (including phenoxy) is 2. The Bertz CT molecular complexity index is 991. The van der Waals surface area contributed by atoms with E-state index in [-0.39, 0.29) is 18.1 Å². The monoisotopic (exact) mass is 495 g/mol. The third-order valence-corrected chi connectivity index (χ3v) is 10.4. The third-order valence-electron chi connectivity index (χ3n) is 5.39. The van der Waals surface area contributed by atoms with Gasteiger partial charge in [-0.25, -0.2) is 9.59 Å². The van der Waals surface area contributed by atoms with Crippen molar-refractivity contribution in [3.05, 3.63) is 60.7 Å². The van der Waals surface area contributed by atoms with Crippen molar-refractivity contribution < 1.29 is 23.5 Å². The fraction of sp³-hybridized carbons (Fsp3) is 0.429. The summed E-state index contributed by atoms with van der Waals surface area (Å²) in [6.07, 6.45) is -0.617. The molecule has 2 aromatic rings. The minimum atomic E-state index is -2.69. The van der Waals surface area contributed by atoms with Crippen LogP contribution >= 0.6 is 0 Å². The Morgan fingerprint density at radius 3 is 1.83 bits per heavy atom. The molecule has 0 aliphatic rings. The van der Waals surface area contributed by atoms with Crippen LogP contribution in [0.3, 0.4) is 0 Å². The van der Waals surface area contributed by atoms with Crippen molar-refractivity contribution in [3.8, 4) is 11.8 Å². The molecule has 0 aromatic heterocycles. The van der Waals surface area contributed by atoms with E-state index in [1.165, 1.54) is 17.5 Å². The minimum absolute atomic E-state index is 0.0794. The molecule has 0 aliphatic heterocycles. The Morgan fingerprint density at radius 2 is 1.40 bits per heavy atom. The number of alkyl carbamates (subject to hydrolysis) is 1. The van der Waals surface area contributed by atoms with Gasteiger partial charge in [0.15, 0.2) is 0 Å². The largest absolute Gasteiger partial charge is 0.467 e. The number of amides is 1. The molecule has 0 saturated carbocycles. The second-order valence-electron chi connectivity index (χ2n) is 10.2. The second-order valence-corrected chi connectivity index (χ2v) is 14.5. The summed E-state index contributed by atoms with van der Waals surface area (Å²) < 4.78 is 16.8. The van der Waals surface area contributed by atoms with Crippen LogP contribution in [-0.2, 0) is 18.7 Å². The van der Waals surface area contributed by atoms with Crippen molar-refractivity contribution in [2.75, 3.05) is 13.7 Å². The quantitative estimate of drug-likeness (QED) is 0.357. The average Bonchev–Trinajstić information content (AvgIpc) is 2.79. The van der Waals surface area contributed by atoms with Gasteiger partial charge in [0.2, 0.25) is 0 Å². The zero-order valence-corrected chi connectivity index (χ0v) is 22.8. The maximum Gasteiger partial charge on any atom is 0.408 e. The van der Waals surface area contributed by atoms with Crippen LogP contribution < -0.4 is 15.7 Å². The Hall–Kier alpha value is -3.08. The standard InChI is InChI=1S/C28H37NO5Si/c1-27(2,3)34-26(31)29-24(25(30)32-7)20-14-15-21-33-35(28(4,5)6,22-16-10-8-11-17-22)23-18-12-9-13-19-23/h8-13,16-19,24H,20-21H2,1-7H3,(H,29,31). The Labute approximate surface area is 210 Å². The summed E-state index contributed by atoms with van der Waals surface area (Å²) in [5.74, 6) is 5.43. The molecule has 0 saturated heterocycles. The first kappa shape index (κ1) is 28.2. The van der Waals surface area contributed by atoms with E-state index in [0.717, 1.165) is 0 Å². The number of carbonyl (C=O) groups excluding carboxylic acids is 2. The number of rotatable bonds is 7. The molecule has 1 amide bonds. The van der Waals surface area contributed by atoms with Gasteiger partial charge in [-0.3, -0.25) is 0 Å². The minimum Gasteiger partial charge on any atom is -0.467 e. The molecule has 1 atom stereocenters. The molecule has 7 heteroatoms. The van der Waals surface area contributed by atoms with Crippen molar-refractivity contribution in [2.24, 2.45) is 0 Å². The molecule has 188 valence electrons. The number of benzene rings is 2. The molecular weight excluding hydrogens is 458 g/mol. The van der Waals surface area contributed by atoms with Crippen molar-refractivity contribution in [3.63, 3.8) is 0 Å². The molecule has 0 spiro atoms. The number of carbonyl (C=O) groups is 2. The first-order chi connectivity index (χ1) is 16.4. The van der Waals surface area contributed by atoms with Crippen LogP contribution in [0.15, 0.2) is 60.7 Å². The third kappa shape index (κ3) is 7.71. The van der Waals surface area contributed by atoms with Gasteiger partial charge < -0.3 is 19.2 Å². The second kappa shape index (κ2) is 12.1. The normalized spacial score (nSPS) is 12.7. The lowest BCUT2D eigenvalue weighted by Crippen LogP contribution is -2.66. The molecule has 35 heavy (non-hydrogen) atoms. The fourth-order valence-electron chi connectivity index (χ4n) is 3.92. The zero-order valence-electron chi connectivity index (χ0n) is 21.8. The zero-order chi connectivity index (χ0) is 26.1. The van der Waals surface area contributed by atoms with Gasteiger partial charge in [0.1, 0.15) is 11.6 Å². The maximum atomic E-state index is 12.2. The van der Waals surface area contributed by atoms with E-state index in [9.17, 15) is 9.59 Å². The summed E-state index contributed by atoms with van der Waals surface area (Å²) in [5, 5.41) is 4.71. The summed E-state index contributed by atoms with van der Waals surface area (Å²) in [7, 11) is -1.42. The van der Waals surface area contributed by atoms with Gasteiger partial charge >= 0.3 is 12.1 Å². The molecule has 0 radical (unpaired) electrons. The van der Waals surface area contributed by atoms with E-state index < -0.39 is 32.0 Å². The molecular formula is C28H37NO5Si. The lowest BCUT2D eigenvalue weighted by atomic mass is 10.2. The number of hydrogen-bond acceptors (Lipinski definition) is 5. The molecule has 0 heterocycles. The van der Waals surface area contributed by atoms with Crippen LogP contribution in [0.25, 0.3) is 0 Å². The van der Waals surface area contributed by atoms with E-state index in [2.05, 4.69) is 62.2 Å². The molecule has 0 aliphatic carbocycles. The van der Waals surface area contributed by atoms with Gasteiger partial charge in [-0.05, 0) is 36.2 Å². The lowest BCUT2D eigenvalue weighted by Gasteiger charge is -2.42. The SMILES string of the molecule is COC(=O)C(CC#CCO[Si](c1ccccc1)(c1ccccc1)C(C)(C)C)NC(=O)OC(C)(C)C. The molecule has 2 rings (SSSR count). The smallest absolute Gasteiger partial charge is 0.408 e. The lowest BCUT2D eigenvalue weighted by molar-refractivity contribution is -0.143. The van der Waals surface area contributed by atoms with E-state index in [1.54, 1.807) is 20.8 Å². The van der Waals surface area contributed by atoms with Crippen LogP contribution in [0.1, 0.15) is 48.0 Å². The van der Waals surface area contributed by atoms with Gasteiger partial charge in [0.05, 0.1) is 13.7 Å². The van der Waals surface area contributed by atoms with Gasteiger partial charge in [0, 0.05) is 6.42 Å². The Kier molecular flexibility index (Phi) is 9.70. The fourth-order valence-corrected chi connectivity index (χ4v) is 8.36. The Morgan fingerprint density at radius 1 is 0.886 bits per heavy atom. The number of nitrogens with one attached hydrogen (secondary N) is 1. The van der Waals surface area contributed by atoms with Gasteiger partial charge in [-0.2, -0.15) is 0 Å². The summed E-state index contributed by atoms with van der Waals surface area (Å²) in [6, 6.07) is 19.7. The summed E-state index contributed by atoms with van der Waals surface area (Å²) >= 11 is 0. The summed E-state index contributed by atoms with van der Waals surface area (Å²) in [5.41, 5.74) is -0.680. The van der Waals surface area contributed by atoms with Gasteiger partial charge in [-0.1, -0.05) is 93.3 Å². The first-order valence-electron chi connectivity index (χ1n) is 11.7. The van der Waals surface area contributed by atoms with Crippen molar-refractivity contribution in [2.45, 2.75) is 64.6 Å². The van der Waals surface area contributed by atoms with Crippen LogP contribution in [-0.4, -0.2) is 45.7 Å². The van der Waals surface area contributed by atoms with Crippen LogP contribution in [0.2, 0.25) is 5.04 Å². The number of hydrogen-bond donors (Lipinski definition) is 1. The molecule has 6 nitrogen and oxygen atoms in total. The van der Waals surface area contributed by atoms with Crippen LogP contribution in [0.4, 0.5) is 4.79 Å². The van der Waals surface area contributed by atoms with Crippen molar-refractivity contribution in [1.82, 2.24) is 5.32 Å². The van der Waals surface area contributed by atoms with E-state index in [0.29, 0.717) is 0 Å². The van der Waals surface area contributed by atoms with Crippen LogP contribution in [0.5, 0.6) is 0 Å². The highest BCUT2D eigenvalue weighted by atomic mass is 28.4.